The highest BCUT2D eigenvalue weighted by Crippen LogP contribution is 2.42. The Bertz CT molecular complexity index is 373. The van der Waals surface area contributed by atoms with E-state index in [-0.39, 0.29) is 25.2 Å². The van der Waals surface area contributed by atoms with Crippen molar-refractivity contribution in [3.8, 4) is 17.2 Å². The number of ether oxygens (including phenoxy) is 3. The quantitative estimate of drug-likeness (QED) is 0.825. The Balaban J connectivity index is 0.00000128. The molecule has 0 aliphatic carbocycles. The molecule has 0 amide bonds. The number of hydrogen-bond donors (Lipinski definition) is 2. The average molecular weight is 247 g/mol. The van der Waals surface area contributed by atoms with E-state index in [2.05, 4.69) is 0 Å². The number of hydrogen-bond acceptors (Lipinski definition) is 5. The Morgan fingerprint density at radius 2 is 2.19 bits per heavy atom. The zero-order valence-corrected chi connectivity index (χ0v) is 9.75. The van der Waals surface area contributed by atoms with Crippen molar-refractivity contribution < 1.29 is 14.2 Å². The van der Waals surface area contributed by atoms with E-state index in [4.69, 9.17) is 25.7 Å². The molecule has 2 rings (SSSR count). The second kappa shape index (κ2) is 5.25. The molecule has 90 valence electrons. The van der Waals surface area contributed by atoms with Crippen molar-refractivity contribution in [2.45, 2.75) is 6.04 Å². The molecule has 0 saturated carbocycles. The van der Waals surface area contributed by atoms with Gasteiger partial charge in [0.25, 0.3) is 0 Å². The van der Waals surface area contributed by atoms with Gasteiger partial charge in [0.1, 0.15) is 0 Å². The Morgan fingerprint density at radius 1 is 1.44 bits per heavy atom. The van der Waals surface area contributed by atoms with Crippen molar-refractivity contribution in [2.24, 2.45) is 11.5 Å². The van der Waals surface area contributed by atoms with Gasteiger partial charge in [-0.2, -0.15) is 0 Å². The minimum atomic E-state index is -0.214. The predicted octanol–water partition coefficient (Wildman–Crippen LogP) is 0.804. The maximum atomic E-state index is 5.84. The molecule has 0 unspecified atom stereocenters. The van der Waals surface area contributed by atoms with Crippen LogP contribution in [0.1, 0.15) is 11.6 Å². The third-order valence-corrected chi connectivity index (χ3v) is 2.36. The van der Waals surface area contributed by atoms with E-state index in [9.17, 15) is 0 Å². The smallest absolute Gasteiger partial charge is 0.231 e. The maximum Gasteiger partial charge on any atom is 0.231 e. The predicted molar refractivity (Wildman–Crippen MR) is 62.3 cm³/mol. The first kappa shape index (κ1) is 12.9. The van der Waals surface area contributed by atoms with Crippen LogP contribution in [0.15, 0.2) is 12.1 Å². The van der Waals surface area contributed by atoms with Crippen molar-refractivity contribution >= 4 is 12.4 Å². The number of rotatable bonds is 3. The number of benzene rings is 1. The molecule has 1 aliphatic heterocycles. The Morgan fingerprint density at radius 3 is 2.81 bits per heavy atom. The van der Waals surface area contributed by atoms with Gasteiger partial charge in [0.15, 0.2) is 11.5 Å². The topological polar surface area (TPSA) is 79.7 Å². The summed E-state index contributed by atoms with van der Waals surface area (Å²) in [6.07, 6.45) is 0. The number of halogens is 1. The van der Waals surface area contributed by atoms with Crippen LogP contribution in [0.2, 0.25) is 0 Å². The maximum absolute atomic E-state index is 5.84. The summed E-state index contributed by atoms with van der Waals surface area (Å²) in [5, 5.41) is 0. The Labute approximate surface area is 100 Å². The molecule has 6 heteroatoms. The molecule has 1 aromatic carbocycles. The van der Waals surface area contributed by atoms with Crippen LogP contribution in [0.5, 0.6) is 17.2 Å². The molecule has 4 N–H and O–H groups in total. The van der Waals surface area contributed by atoms with Gasteiger partial charge in [-0.15, -0.1) is 12.4 Å². The lowest BCUT2D eigenvalue weighted by Crippen LogP contribution is -2.20. The van der Waals surface area contributed by atoms with Crippen LogP contribution < -0.4 is 25.7 Å². The summed E-state index contributed by atoms with van der Waals surface area (Å²) in [5.74, 6) is 1.92. The van der Waals surface area contributed by atoms with Gasteiger partial charge in [-0.05, 0) is 17.7 Å². The third kappa shape index (κ3) is 2.16. The molecule has 1 heterocycles. The highest BCUT2D eigenvalue weighted by atomic mass is 35.5. The van der Waals surface area contributed by atoms with Gasteiger partial charge in [0.2, 0.25) is 12.5 Å². The van der Waals surface area contributed by atoms with Crippen LogP contribution in [-0.2, 0) is 0 Å². The van der Waals surface area contributed by atoms with Crippen LogP contribution in [0.3, 0.4) is 0 Å². The van der Waals surface area contributed by atoms with E-state index >= 15 is 0 Å². The van der Waals surface area contributed by atoms with E-state index in [0.717, 1.165) is 5.56 Å². The molecule has 16 heavy (non-hydrogen) atoms. The van der Waals surface area contributed by atoms with E-state index in [0.29, 0.717) is 23.8 Å². The summed E-state index contributed by atoms with van der Waals surface area (Å²) in [6.45, 7) is 0.593. The fraction of sp³-hybridized carbons (Fsp3) is 0.400. The lowest BCUT2D eigenvalue weighted by atomic mass is 10.1. The van der Waals surface area contributed by atoms with Crippen molar-refractivity contribution in [2.75, 3.05) is 20.4 Å². The summed E-state index contributed by atoms with van der Waals surface area (Å²) < 4.78 is 15.7. The molecule has 0 aromatic heterocycles. The number of nitrogens with two attached hydrogens (primary N) is 2. The van der Waals surface area contributed by atoms with E-state index in [1.165, 1.54) is 0 Å². The lowest BCUT2D eigenvalue weighted by molar-refractivity contribution is 0.171. The fourth-order valence-corrected chi connectivity index (χ4v) is 1.50. The first-order chi connectivity index (χ1) is 7.26. The van der Waals surface area contributed by atoms with Crippen molar-refractivity contribution in [1.82, 2.24) is 0 Å². The molecular weight excluding hydrogens is 232 g/mol. The summed E-state index contributed by atoms with van der Waals surface area (Å²) in [4.78, 5) is 0. The second-order valence-corrected chi connectivity index (χ2v) is 3.30. The molecule has 1 aromatic rings. The fourth-order valence-electron chi connectivity index (χ4n) is 1.50. The molecule has 1 atom stereocenters. The monoisotopic (exact) mass is 246 g/mol. The zero-order chi connectivity index (χ0) is 10.8. The Kier molecular flexibility index (Phi) is 4.23. The molecule has 0 spiro atoms. The van der Waals surface area contributed by atoms with Gasteiger partial charge in [-0.1, -0.05) is 0 Å². The van der Waals surface area contributed by atoms with Gasteiger partial charge in [0.05, 0.1) is 7.11 Å². The summed E-state index contributed by atoms with van der Waals surface area (Å²) in [5.41, 5.74) is 12.2. The Hall–Kier alpha value is -1.17. The zero-order valence-electron chi connectivity index (χ0n) is 8.93. The summed E-state index contributed by atoms with van der Waals surface area (Å²) in [6, 6.07) is 3.45. The average Bonchev–Trinajstić information content (AvgIpc) is 2.74. The minimum Gasteiger partial charge on any atom is -0.493 e. The minimum absolute atomic E-state index is 0. The van der Waals surface area contributed by atoms with E-state index in [1.54, 1.807) is 7.11 Å². The largest absolute Gasteiger partial charge is 0.493 e. The number of fused-ring (bicyclic) bond motifs is 1. The van der Waals surface area contributed by atoms with Gasteiger partial charge in [0, 0.05) is 12.6 Å². The molecule has 0 bridgehead atoms. The van der Waals surface area contributed by atoms with Crippen LogP contribution in [0.4, 0.5) is 0 Å². The number of methoxy groups -OCH3 is 1. The molecule has 0 radical (unpaired) electrons. The van der Waals surface area contributed by atoms with Crippen LogP contribution in [0.25, 0.3) is 0 Å². The first-order valence-electron chi connectivity index (χ1n) is 4.69. The summed E-state index contributed by atoms with van der Waals surface area (Å²) in [7, 11) is 1.58. The first-order valence-corrected chi connectivity index (χ1v) is 4.69. The highest BCUT2D eigenvalue weighted by Gasteiger charge is 2.21. The van der Waals surface area contributed by atoms with Crippen molar-refractivity contribution in [3.05, 3.63) is 17.7 Å². The SMILES string of the molecule is COc1cc([C@H](N)CN)cc2c1OCO2.Cl. The van der Waals surface area contributed by atoms with E-state index < -0.39 is 0 Å². The van der Waals surface area contributed by atoms with Gasteiger partial charge >= 0.3 is 0 Å². The second-order valence-electron chi connectivity index (χ2n) is 3.30. The van der Waals surface area contributed by atoms with Gasteiger partial charge in [-0.3, -0.25) is 0 Å². The van der Waals surface area contributed by atoms with Gasteiger partial charge in [-0.25, -0.2) is 0 Å². The third-order valence-electron chi connectivity index (χ3n) is 2.36. The molecule has 5 nitrogen and oxygen atoms in total. The van der Waals surface area contributed by atoms with Crippen LogP contribution in [-0.4, -0.2) is 20.4 Å². The molecular formula is C10H15ClN2O3. The summed E-state index contributed by atoms with van der Waals surface area (Å²) >= 11 is 0. The van der Waals surface area contributed by atoms with Crippen LogP contribution >= 0.6 is 12.4 Å². The van der Waals surface area contributed by atoms with Crippen molar-refractivity contribution in [1.29, 1.82) is 0 Å². The highest BCUT2D eigenvalue weighted by molar-refractivity contribution is 5.85. The van der Waals surface area contributed by atoms with Crippen LogP contribution in [0, 0.1) is 0 Å². The molecule has 0 saturated heterocycles. The van der Waals surface area contributed by atoms with E-state index in [1.807, 2.05) is 12.1 Å². The standard InChI is InChI=1S/C10H14N2O3.ClH/c1-13-8-2-6(7(12)4-11)3-9-10(8)15-5-14-9;/h2-3,7H,4-5,11-12H2,1H3;1H/t7-;/m1./s1. The van der Waals surface area contributed by atoms with Gasteiger partial charge < -0.3 is 25.7 Å². The van der Waals surface area contributed by atoms with Crippen molar-refractivity contribution in [3.63, 3.8) is 0 Å². The lowest BCUT2D eigenvalue weighted by Gasteiger charge is -2.12. The molecule has 0 fully saturated rings. The molecule has 1 aliphatic rings. The normalized spacial score (nSPS) is 14.2.